The second kappa shape index (κ2) is 5.96. The second-order valence-electron chi connectivity index (χ2n) is 4.26. The lowest BCUT2D eigenvalue weighted by Gasteiger charge is -2.09. The Labute approximate surface area is 116 Å². The van der Waals surface area contributed by atoms with Crippen molar-refractivity contribution in [2.75, 3.05) is 5.32 Å². The predicted octanol–water partition coefficient (Wildman–Crippen LogP) is 1.81. The van der Waals surface area contributed by atoms with Gasteiger partial charge in [-0.25, -0.2) is 0 Å². The molecular formula is C13H15N5O2. The summed E-state index contributed by atoms with van der Waals surface area (Å²) in [5, 5.41) is 13.7. The highest BCUT2D eigenvalue weighted by molar-refractivity contribution is 6.03. The molecule has 1 N–H and O–H groups in total. The number of amides is 1. The Balaban J connectivity index is 2.03. The van der Waals surface area contributed by atoms with E-state index in [2.05, 4.69) is 27.3 Å². The summed E-state index contributed by atoms with van der Waals surface area (Å²) in [4.78, 5) is 13.1. The zero-order valence-corrected chi connectivity index (χ0v) is 11.3. The van der Waals surface area contributed by atoms with Crippen LogP contribution in [-0.4, -0.2) is 32.2 Å². The van der Waals surface area contributed by atoms with Crippen molar-refractivity contribution < 1.29 is 9.53 Å². The van der Waals surface area contributed by atoms with E-state index < -0.39 is 0 Å². The van der Waals surface area contributed by atoms with Gasteiger partial charge in [-0.15, -0.1) is 9.90 Å². The molecule has 0 spiro atoms. The molecule has 0 saturated heterocycles. The first-order valence-corrected chi connectivity index (χ1v) is 6.08. The molecule has 0 radical (unpaired) electrons. The fourth-order valence-electron chi connectivity index (χ4n) is 1.48. The van der Waals surface area contributed by atoms with E-state index in [1.54, 1.807) is 24.3 Å². The highest BCUT2D eigenvalue weighted by atomic mass is 16.5. The van der Waals surface area contributed by atoms with Crippen LogP contribution in [0.25, 0.3) is 6.20 Å². The third-order valence-electron chi connectivity index (χ3n) is 2.31. The van der Waals surface area contributed by atoms with Gasteiger partial charge in [0.05, 0.1) is 6.10 Å². The summed E-state index contributed by atoms with van der Waals surface area (Å²) in [7, 11) is 0. The van der Waals surface area contributed by atoms with Gasteiger partial charge in [-0.2, -0.15) is 0 Å². The summed E-state index contributed by atoms with van der Waals surface area (Å²) in [6.45, 7) is 7.37. The van der Waals surface area contributed by atoms with Gasteiger partial charge in [-0.3, -0.25) is 10.1 Å². The van der Waals surface area contributed by atoms with Crippen molar-refractivity contribution >= 4 is 18.1 Å². The van der Waals surface area contributed by atoms with E-state index in [-0.39, 0.29) is 18.0 Å². The molecule has 20 heavy (non-hydrogen) atoms. The summed E-state index contributed by atoms with van der Waals surface area (Å²) in [6, 6.07) is 6.82. The smallest absolute Gasteiger partial charge is 0.270 e. The molecule has 0 saturated carbocycles. The molecule has 0 bridgehead atoms. The van der Waals surface area contributed by atoms with Crippen LogP contribution in [0.2, 0.25) is 0 Å². The fraction of sp³-hybridized carbons (Fsp3) is 0.231. The Morgan fingerprint density at radius 1 is 1.40 bits per heavy atom. The number of carbonyl (C=O) groups is 1. The Morgan fingerprint density at radius 2 is 2.10 bits per heavy atom. The zero-order chi connectivity index (χ0) is 14.5. The van der Waals surface area contributed by atoms with Crippen molar-refractivity contribution in [1.82, 2.24) is 20.2 Å². The second-order valence-corrected chi connectivity index (χ2v) is 4.26. The first kappa shape index (κ1) is 13.7. The van der Waals surface area contributed by atoms with Crippen molar-refractivity contribution in [2.24, 2.45) is 0 Å². The third-order valence-corrected chi connectivity index (χ3v) is 2.31. The molecule has 1 aromatic heterocycles. The van der Waals surface area contributed by atoms with Gasteiger partial charge in [0.25, 0.3) is 11.9 Å². The molecule has 104 valence electrons. The predicted molar refractivity (Wildman–Crippen MR) is 74.4 cm³/mol. The topological polar surface area (TPSA) is 81.9 Å². The van der Waals surface area contributed by atoms with Crippen molar-refractivity contribution in [3.05, 3.63) is 36.4 Å². The minimum Gasteiger partial charge on any atom is -0.491 e. The van der Waals surface area contributed by atoms with Crippen molar-refractivity contribution in [3.63, 3.8) is 0 Å². The minimum atomic E-state index is -0.315. The lowest BCUT2D eigenvalue weighted by Crippen LogP contribution is -2.13. The molecule has 0 aliphatic heterocycles. The highest BCUT2D eigenvalue weighted by Crippen LogP contribution is 2.14. The van der Waals surface area contributed by atoms with Gasteiger partial charge in [0, 0.05) is 11.8 Å². The Hall–Kier alpha value is -2.70. The summed E-state index contributed by atoms with van der Waals surface area (Å²) in [5.41, 5.74) is 0.482. The lowest BCUT2D eigenvalue weighted by atomic mass is 10.2. The quantitative estimate of drug-likeness (QED) is 0.898. The van der Waals surface area contributed by atoms with Crippen LogP contribution in [0, 0.1) is 0 Å². The van der Waals surface area contributed by atoms with Crippen LogP contribution >= 0.6 is 0 Å². The van der Waals surface area contributed by atoms with Crippen LogP contribution in [-0.2, 0) is 0 Å². The largest absolute Gasteiger partial charge is 0.491 e. The van der Waals surface area contributed by atoms with E-state index in [9.17, 15) is 4.79 Å². The van der Waals surface area contributed by atoms with Crippen molar-refractivity contribution in [1.29, 1.82) is 0 Å². The summed E-state index contributed by atoms with van der Waals surface area (Å²) >= 11 is 0. The van der Waals surface area contributed by atoms with Crippen molar-refractivity contribution in [3.8, 4) is 5.75 Å². The van der Waals surface area contributed by atoms with Crippen LogP contribution in [0.4, 0.5) is 5.95 Å². The monoisotopic (exact) mass is 273 g/mol. The Bertz CT molecular complexity index is 603. The summed E-state index contributed by atoms with van der Waals surface area (Å²) in [5.74, 6) is 0.523. The van der Waals surface area contributed by atoms with Gasteiger partial charge in [0.2, 0.25) is 0 Å². The van der Waals surface area contributed by atoms with Gasteiger partial charge in [-0.05, 0) is 43.3 Å². The number of hydrogen-bond donors (Lipinski definition) is 1. The molecule has 2 rings (SSSR count). The number of rotatable bonds is 5. The molecule has 0 atom stereocenters. The molecule has 0 aliphatic rings. The maximum atomic E-state index is 12.0. The number of aromatic nitrogens is 4. The number of anilines is 1. The first-order chi connectivity index (χ1) is 9.58. The molecule has 1 aromatic carbocycles. The van der Waals surface area contributed by atoms with Gasteiger partial charge >= 0.3 is 0 Å². The minimum absolute atomic E-state index is 0.0906. The number of hydrogen-bond acceptors (Lipinski definition) is 5. The Morgan fingerprint density at radius 3 is 2.65 bits per heavy atom. The van der Waals surface area contributed by atoms with Gasteiger partial charge < -0.3 is 4.74 Å². The third kappa shape index (κ3) is 3.41. The molecule has 7 heteroatoms. The normalized spacial score (nSPS) is 10.3. The number of nitrogens with zero attached hydrogens (tertiary/aromatic N) is 4. The molecule has 0 aliphatic carbocycles. The van der Waals surface area contributed by atoms with E-state index in [4.69, 9.17) is 4.74 Å². The fourth-order valence-corrected chi connectivity index (χ4v) is 1.48. The highest BCUT2D eigenvalue weighted by Gasteiger charge is 2.09. The molecule has 7 nitrogen and oxygen atoms in total. The standard InChI is InChI=1S/C13H15N5O2/c1-4-18-16-13(15-17-18)14-12(19)10-5-7-11(8-6-10)20-9(2)3/h4-9H,1H2,2-3H3,(H,14,16,19). The molecule has 2 aromatic rings. The van der Waals surface area contributed by atoms with E-state index in [0.717, 1.165) is 4.80 Å². The van der Waals surface area contributed by atoms with E-state index in [0.29, 0.717) is 11.3 Å². The average molecular weight is 273 g/mol. The van der Waals surface area contributed by atoms with E-state index in [1.807, 2.05) is 13.8 Å². The van der Waals surface area contributed by atoms with Crippen LogP contribution in [0.5, 0.6) is 5.75 Å². The van der Waals surface area contributed by atoms with Crippen molar-refractivity contribution in [2.45, 2.75) is 20.0 Å². The number of ether oxygens (including phenoxy) is 1. The molecule has 1 heterocycles. The average Bonchev–Trinajstić information content (AvgIpc) is 2.86. The maximum Gasteiger partial charge on any atom is 0.270 e. The molecular weight excluding hydrogens is 258 g/mol. The number of nitrogens with one attached hydrogen (secondary N) is 1. The summed E-state index contributed by atoms with van der Waals surface area (Å²) in [6.07, 6.45) is 1.47. The lowest BCUT2D eigenvalue weighted by molar-refractivity contribution is 0.102. The SMILES string of the molecule is C=Cn1nnc(NC(=O)c2ccc(OC(C)C)cc2)n1. The maximum absolute atomic E-state index is 12.0. The number of benzene rings is 1. The van der Waals surface area contributed by atoms with Crippen LogP contribution < -0.4 is 10.1 Å². The first-order valence-electron chi connectivity index (χ1n) is 6.08. The van der Waals surface area contributed by atoms with Gasteiger partial charge in [-0.1, -0.05) is 11.7 Å². The van der Waals surface area contributed by atoms with Crippen LogP contribution in [0.1, 0.15) is 24.2 Å². The van der Waals surface area contributed by atoms with E-state index in [1.165, 1.54) is 6.20 Å². The molecule has 0 unspecified atom stereocenters. The van der Waals surface area contributed by atoms with Gasteiger partial charge in [0.1, 0.15) is 5.75 Å². The molecule has 1 amide bonds. The molecule has 0 fully saturated rings. The van der Waals surface area contributed by atoms with E-state index >= 15 is 0 Å². The zero-order valence-electron chi connectivity index (χ0n) is 11.3. The van der Waals surface area contributed by atoms with Gasteiger partial charge in [0.15, 0.2) is 0 Å². The number of carbonyl (C=O) groups excluding carboxylic acids is 1. The van der Waals surface area contributed by atoms with Crippen LogP contribution in [0.15, 0.2) is 30.8 Å². The van der Waals surface area contributed by atoms with Crippen LogP contribution in [0.3, 0.4) is 0 Å². The Kier molecular flexibility index (Phi) is 4.09. The summed E-state index contributed by atoms with van der Waals surface area (Å²) < 4.78 is 5.50. The number of tetrazole rings is 1.